The molecule has 0 saturated heterocycles. The van der Waals surface area contributed by atoms with Gasteiger partial charge in [-0.3, -0.25) is 9.69 Å². The van der Waals surface area contributed by atoms with Crippen molar-refractivity contribution in [2.24, 2.45) is 0 Å². The quantitative estimate of drug-likeness (QED) is 0.720. The number of halogens is 1. The molecule has 0 aliphatic heterocycles. The van der Waals surface area contributed by atoms with Crippen LogP contribution in [0.1, 0.15) is 11.1 Å². The summed E-state index contributed by atoms with van der Waals surface area (Å²) in [4.78, 5) is 14.2. The zero-order chi connectivity index (χ0) is 16.8. The number of amides is 1. The van der Waals surface area contributed by atoms with E-state index in [0.29, 0.717) is 13.1 Å². The Morgan fingerprint density at radius 3 is 2.52 bits per heavy atom. The van der Waals surface area contributed by atoms with E-state index in [-0.39, 0.29) is 5.91 Å². The minimum atomic E-state index is -0.00896. The van der Waals surface area contributed by atoms with Crippen molar-refractivity contribution >= 4 is 34.2 Å². The van der Waals surface area contributed by atoms with Crippen LogP contribution in [0.25, 0.3) is 0 Å². The third-order valence-corrected chi connectivity index (χ3v) is 4.16. The normalized spacial score (nSPS) is 10.7. The first kappa shape index (κ1) is 17.7. The van der Waals surface area contributed by atoms with Crippen LogP contribution in [-0.2, 0) is 11.3 Å². The zero-order valence-electron chi connectivity index (χ0n) is 13.6. The molecule has 0 aliphatic carbocycles. The summed E-state index contributed by atoms with van der Waals surface area (Å²) in [7, 11) is 3.59. The van der Waals surface area contributed by atoms with Gasteiger partial charge >= 0.3 is 0 Å². The summed E-state index contributed by atoms with van der Waals surface area (Å²) in [5, 5.41) is 2.97. The number of hydrogen-bond donors (Lipinski definition) is 1. The first-order valence-electron chi connectivity index (χ1n) is 7.35. The number of rotatable bonds is 6. The SMILES string of the molecule is COc1ccc(CN(C)CC(=O)Nc2ccc(I)cc2C)cc1. The molecular weight excluding hydrogens is 403 g/mol. The van der Waals surface area contributed by atoms with E-state index >= 15 is 0 Å². The molecule has 2 aromatic rings. The Labute approximate surface area is 151 Å². The van der Waals surface area contributed by atoms with Crippen LogP contribution < -0.4 is 10.1 Å². The van der Waals surface area contributed by atoms with Gasteiger partial charge in [-0.05, 0) is 78.0 Å². The van der Waals surface area contributed by atoms with E-state index < -0.39 is 0 Å². The first-order chi connectivity index (χ1) is 11.0. The zero-order valence-corrected chi connectivity index (χ0v) is 15.8. The van der Waals surface area contributed by atoms with Gasteiger partial charge in [0.1, 0.15) is 5.75 Å². The molecule has 0 aliphatic rings. The molecule has 5 heteroatoms. The molecule has 0 spiro atoms. The molecule has 23 heavy (non-hydrogen) atoms. The second kappa shape index (κ2) is 8.31. The molecule has 4 nitrogen and oxygen atoms in total. The Balaban J connectivity index is 1.88. The standard InChI is InChI=1S/C18H21IN2O2/c1-13-10-15(19)6-9-17(13)20-18(22)12-21(2)11-14-4-7-16(23-3)8-5-14/h4-10H,11-12H2,1-3H3,(H,20,22). The molecule has 0 atom stereocenters. The Morgan fingerprint density at radius 2 is 1.91 bits per heavy atom. The molecule has 1 N–H and O–H groups in total. The lowest BCUT2D eigenvalue weighted by atomic mass is 10.2. The van der Waals surface area contributed by atoms with Crippen LogP contribution in [-0.4, -0.2) is 31.5 Å². The van der Waals surface area contributed by atoms with Gasteiger partial charge in [0.2, 0.25) is 5.91 Å². The lowest BCUT2D eigenvalue weighted by molar-refractivity contribution is -0.117. The summed E-state index contributed by atoms with van der Waals surface area (Å²) in [6, 6.07) is 13.9. The minimum absolute atomic E-state index is 0.00896. The van der Waals surface area contributed by atoms with Gasteiger partial charge in [-0.1, -0.05) is 12.1 Å². The third kappa shape index (κ3) is 5.51. The molecule has 0 radical (unpaired) electrons. The summed E-state index contributed by atoms with van der Waals surface area (Å²) in [6.45, 7) is 3.05. The third-order valence-electron chi connectivity index (χ3n) is 3.49. The van der Waals surface area contributed by atoms with Crippen molar-refractivity contribution < 1.29 is 9.53 Å². The molecule has 0 heterocycles. The van der Waals surface area contributed by atoms with E-state index in [2.05, 4.69) is 34.0 Å². The van der Waals surface area contributed by atoms with Gasteiger partial charge in [-0.2, -0.15) is 0 Å². The van der Waals surface area contributed by atoms with Crippen molar-refractivity contribution in [3.05, 3.63) is 57.2 Å². The van der Waals surface area contributed by atoms with Crippen LogP contribution in [0.3, 0.4) is 0 Å². The van der Waals surface area contributed by atoms with Crippen LogP contribution in [0.2, 0.25) is 0 Å². The fourth-order valence-electron chi connectivity index (χ4n) is 2.30. The molecule has 0 aromatic heterocycles. The molecule has 0 bridgehead atoms. The summed E-state index contributed by atoms with van der Waals surface area (Å²) in [5.74, 6) is 0.827. The minimum Gasteiger partial charge on any atom is -0.497 e. The molecule has 122 valence electrons. The number of benzene rings is 2. The number of nitrogens with zero attached hydrogens (tertiary/aromatic N) is 1. The summed E-state index contributed by atoms with van der Waals surface area (Å²) < 4.78 is 6.31. The lowest BCUT2D eigenvalue weighted by Crippen LogP contribution is -2.30. The second-order valence-corrected chi connectivity index (χ2v) is 6.77. The van der Waals surface area contributed by atoms with Crippen molar-refractivity contribution in [3.8, 4) is 5.75 Å². The van der Waals surface area contributed by atoms with Crippen molar-refractivity contribution in [1.29, 1.82) is 0 Å². The maximum atomic E-state index is 12.2. The molecule has 0 fully saturated rings. The first-order valence-corrected chi connectivity index (χ1v) is 8.43. The number of likely N-dealkylation sites (N-methyl/N-ethyl adjacent to an activating group) is 1. The fourth-order valence-corrected chi connectivity index (χ4v) is 2.95. The molecule has 2 aromatic carbocycles. The average Bonchev–Trinajstić information content (AvgIpc) is 2.50. The summed E-state index contributed by atoms with van der Waals surface area (Å²) >= 11 is 2.26. The molecule has 1 amide bonds. The van der Waals surface area contributed by atoms with E-state index in [0.717, 1.165) is 26.1 Å². The fraction of sp³-hybridized carbons (Fsp3) is 0.278. The number of carbonyl (C=O) groups excluding carboxylic acids is 1. The van der Waals surface area contributed by atoms with Crippen LogP contribution in [0.4, 0.5) is 5.69 Å². The Kier molecular flexibility index (Phi) is 6.41. The van der Waals surface area contributed by atoms with Crippen molar-refractivity contribution in [2.45, 2.75) is 13.5 Å². The van der Waals surface area contributed by atoms with Crippen LogP contribution in [0.15, 0.2) is 42.5 Å². The van der Waals surface area contributed by atoms with E-state index in [1.54, 1.807) is 7.11 Å². The predicted octanol–water partition coefficient (Wildman–Crippen LogP) is 3.68. The van der Waals surface area contributed by atoms with Crippen molar-refractivity contribution in [2.75, 3.05) is 26.0 Å². The Bertz CT molecular complexity index is 671. The smallest absolute Gasteiger partial charge is 0.238 e. The number of ether oxygens (including phenoxy) is 1. The Hall–Kier alpha value is -1.60. The van der Waals surface area contributed by atoms with Crippen molar-refractivity contribution in [3.63, 3.8) is 0 Å². The number of hydrogen-bond acceptors (Lipinski definition) is 3. The van der Waals surface area contributed by atoms with Gasteiger partial charge in [0, 0.05) is 15.8 Å². The number of aryl methyl sites for hydroxylation is 1. The average molecular weight is 424 g/mol. The summed E-state index contributed by atoms with van der Waals surface area (Å²) in [5.41, 5.74) is 3.09. The van der Waals surface area contributed by atoms with Crippen LogP contribution in [0, 0.1) is 10.5 Å². The lowest BCUT2D eigenvalue weighted by Gasteiger charge is -2.17. The highest BCUT2D eigenvalue weighted by atomic mass is 127. The van der Waals surface area contributed by atoms with Crippen LogP contribution >= 0.6 is 22.6 Å². The molecule has 0 saturated carbocycles. The van der Waals surface area contributed by atoms with E-state index in [9.17, 15) is 4.79 Å². The maximum absolute atomic E-state index is 12.2. The molecular formula is C18H21IN2O2. The largest absolute Gasteiger partial charge is 0.497 e. The molecule has 0 unspecified atom stereocenters. The van der Waals surface area contributed by atoms with E-state index in [1.165, 1.54) is 0 Å². The van der Waals surface area contributed by atoms with E-state index in [4.69, 9.17) is 4.74 Å². The topological polar surface area (TPSA) is 41.6 Å². The van der Waals surface area contributed by atoms with Crippen molar-refractivity contribution in [1.82, 2.24) is 4.90 Å². The highest BCUT2D eigenvalue weighted by Gasteiger charge is 2.09. The van der Waals surface area contributed by atoms with Gasteiger partial charge < -0.3 is 10.1 Å². The summed E-state index contributed by atoms with van der Waals surface area (Å²) in [6.07, 6.45) is 0. The monoisotopic (exact) mass is 424 g/mol. The van der Waals surface area contributed by atoms with E-state index in [1.807, 2.05) is 55.3 Å². The van der Waals surface area contributed by atoms with Crippen LogP contribution in [0.5, 0.6) is 5.75 Å². The maximum Gasteiger partial charge on any atom is 0.238 e. The highest BCUT2D eigenvalue weighted by Crippen LogP contribution is 2.18. The number of nitrogens with one attached hydrogen (secondary N) is 1. The van der Waals surface area contributed by atoms with Gasteiger partial charge in [-0.15, -0.1) is 0 Å². The highest BCUT2D eigenvalue weighted by molar-refractivity contribution is 14.1. The predicted molar refractivity (Wildman–Crippen MR) is 102 cm³/mol. The van der Waals surface area contributed by atoms with Gasteiger partial charge in [-0.25, -0.2) is 0 Å². The Morgan fingerprint density at radius 1 is 1.22 bits per heavy atom. The van der Waals surface area contributed by atoms with Gasteiger partial charge in [0.25, 0.3) is 0 Å². The number of carbonyl (C=O) groups is 1. The number of anilines is 1. The van der Waals surface area contributed by atoms with Gasteiger partial charge in [0.05, 0.1) is 13.7 Å². The number of methoxy groups -OCH3 is 1. The van der Waals surface area contributed by atoms with Gasteiger partial charge in [0.15, 0.2) is 0 Å². The second-order valence-electron chi connectivity index (χ2n) is 5.53. The molecule has 2 rings (SSSR count).